The van der Waals surface area contributed by atoms with Gasteiger partial charge < -0.3 is 20.6 Å². The highest BCUT2D eigenvalue weighted by Crippen LogP contribution is 2.13. The number of carbonyl (C=O) groups is 1. The number of aliphatic hydroxyl groups is 3. The molecule has 0 aromatic rings. The van der Waals surface area contributed by atoms with Crippen LogP contribution in [0, 0.1) is 0 Å². The summed E-state index contributed by atoms with van der Waals surface area (Å²) in [5, 5.41) is 32.9. The van der Waals surface area contributed by atoms with Crippen molar-refractivity contribution < 1.29 is 20.1 Å². The summed E-state index contributed by atoms with van der Waals surface area (Å²) >= 11 is 0. The van der Waals surface area contributed by atoms with E-state index in [0.717, 1.165) is 44.9 Å². The van der Waals surface area contributed by atoms with Crippen molar-refractivity contribution in [3.8, 4) is 0 Å². The first-order chi connectivity index (χ1) is 20.5. The molecule has 5 heteroatoms. The third-order valence-corrected chi connectivity index (χ3v) is 7.90. The zero-order valence-corrected chi connectivity index (χ0v) is 27.6. The van der Waals surface area contributed by atoms with Crippen LogP contribution in [-0.2, 0) is 4.79 Å². The number of aliphatic hydroxyl groups excluding tert-OH is 3. The van der Waals surface area contributed by atoms with Gasteiger partial charge in [0.2, 0.25) is 5.91 Å². The summed E-state index contributed by atoms with van der Waals surface area (Å²) in [4.78, 5) is 12.3. The first-order valence-corrected chi connectivity index (χ1v) is 17.8. The van der Waals surface area contributed by atoms with Gasteiger partial charge in [0.15, 0.2) is 0 Å². The number of hydrogen-bond acceptors (Lipinski definition) is 4. The number of unbranched alkanes of at least 4 members (excludes halogenated alkanes) is 18. The Morgan fingerprint density at radius 1 is 0.595 bits per heavy atom. The Bertz CT molecular complexity index is 660. The molecule has 42 heavy (non-hydrogen) atoms. The maximum absolute atomic E-state index is 12.3. The Hall–Kier alpha value is -1.43. The lowest BCUT2D eigenvalue weighted by Gasteiger charge is -2.20. The van der Waals surface area contributed by atoms with E-state index in [1.165, 1.54) is 96.3 Å². The number of carbonyl (C=O) groups excluding carboxylic acids is 1. The average Bonchev–Trinajstić information content (AvgIpc) is 2.98. The molecule has 0 spiro atoms. The molecule has 0 aliphatic heterocycles. The van der Waals surface area contributed by atoms with Crippen LogP contribution in [0.4, 0.5) is 0 Å². The molecule has 0 fully saturated rings. The molecule has 0 rings (SSSR count). The van der Waals surface area contributed by atoms with E-state index >= 15 is 0 Å². The van der Waals surface area contributed by atoms with Gasteiger partial charge >= 0.3 is 0 Å². The summed E-state index contributed by atoms with van der Waals surface area (Å²) in [6.45, 7) is 4.14. The van der Waals surface area contributed by atoms with E-state index < -0.39 is 18.2 Å². The second-order valence-corrected chi connectivity index (χ2v) is 12.1. The van der Waals surface area contributed by atoms with Gasteiger partial charge in [-0.3, -0.25) is 4.79 Å². The fourth-order valence-corrected chi connectivity index (χ4v) is 5.11. The maximum atomic E-state index is 12.3. The van der Waals surface area contributed by atoms with Crippen LogP contribution in [0.1, 0.15) is 168 Å². The smallest absolute Gasteiger partial charge is 0.222 e. The zero-order chi connectivity index (χ0) is 30.9. The molecular formula is C37H69NO4. The van der Waals surface area contributed by atoms with Gasteiger partial charge in [-0.1, -0.05) is 140 Å². The first-order valence-electron chi connectivity index (χ1n) is 17.8. The van der Waals surface area contributed by atoms with Crippen molar-refractivity contribution in [2.24, 2.45) is 0 Å². The number of rotatable bonds is 31. The predicted molar refractivity (Wildman–Crippen MR) is 181 cm³/mol. The highest BCUT2D eigenvalue weighted by molar-refractivity contribution is 5.76. The standard InChI is InChI=1S/C37H69NO4/c1-3-5-7-9-11-13-15-16-17-18-19-20-21-22-24-26-28-30-34(40)32-37(42)38-35(33-39)36(41)31-29-27-25-23-14-12-10-8-6-4-2/h14,18-19,23,29,31,34-36,39-41H,3-13,15-17,20-22,24-28,30,32-33H2,1-2H3,(H,38,42)/b19-18-,23-14+,31-29+. The van der Waals surface area contributed by atoms with Crippen molar-refractivity contribution in [1.29, 1.82) is 0 Å². The second-order valence-electron chi connectivity index (χ2n) is 12.1. The monoisotopic (exact) mass is 592 g/mol. The van der Waals surface area contributed by atoms with E-state index in [1.54, 1.807) is 6.08 Å². The Labute approximate surface area is 260 Å². The van der Waals surface area contributed by atoms with E-state index in [9.17, 15) is 20.1 Å². The highest BCUT2D eigenvalue weighted by Gasteiger charge is 2.20. The molecule has 1 amide bonds. The summed E-state index contributed by atoms with van der Waals surface area (Å²) in [6, 6.07) is -0.760. The lowest BCUT2D eigenvalue weighted by molar-refractivity contribution is -0.124. The molecule has 0 saturated carbocycles. The molecule has 3 atom stereocenters. The van der Waals surface area contributed by atoms with Crippen LogP contribution in [0.15, 0.2) is 36.5 Å². The van der Waals surface area contributed by atoms with Crippen molar-refractivity contribution in [3.05, 3.63) is 36.5 Å². The van der Waals surface area contributed by atoms with Crippen molar-refractivity contribution in [3.63, 3.8) is 0 Å². The molecule has 5 nitrogen and oxygen atoms in total. The van der Waals surface area contributed by atoms with E-state index in [-0.39, 0.29) is 18.9 Å². The van der Waals surface area contributed by atoms with E-state index in [4.69, 9.17) is 0 Å². The van der Waals surface area contributed by atoms with Gasteiger partial charge in [0.05, 0.1) is 31.3 Å². The Kier molecular flexibility index (Phi) is 31.4. The van der Waals surface area contributed by atoms with Gasteiger partial charge in [-0.15, -0.1) is 0 Å². The van der Waals surface area contributed by atoms with E-state index in [1.807, 2.05) is 6.08 Å². The van der Waals surface area contributed by atoms with Gasteiger partial charge in [-0.05, 0) is 57.8 Å². The minimum absolute atomic E-state index is 0.000360. The fourth-order valence-electron chi connectivity index (χ4n) is 5.11. The second kappa shape index (κ2) is 32.5. The van der Waals surface area contributed by atoms with Gasteiger partial charge in [-0.2, -0.15) is 0 Å². The molecule has 0 aromatic heterocycles. The van der Waals surface area contributed by atoms with Crippen LogP contribution < -0.4 is 5.32 Å². The number of allylic oxidation sites excluding steroid dienone is 5. The molecule has 0 saturated heterocycles. The lowest BCUT2D eigenvalue weighted by Crippen LogP contribution is -2.45. The Balaban J connectivity index is 3.77. The molecule has 0 aliphatic rings. The topological polar surface area (TPSA) is 89.8 Å². The highest BCUT2D eigenvalue weighted by atomic mass is 16.3. The van der Waals surface area contributed by atoms with Gasteiger partial charge in [0.25, 0.3) is 0 Å². The largest absolute Gasteiger partial charge is 0.394 e. The average molecular weight is 592 g/mol. The molecule has 0 bridgehead atoms. The summed E-state index contributed by atoms with van der Waals surface area (Å²) < 4.78 is 0. The first kappa shape index (κ1) is 40.6. The molecule has 4 N–H and O–H groups in total. The SMILES string of the molecule is CCCCCC/C=C/CC/C=C/C(O)C(CO)NC(=O)CC(O)CCCCCCC/C=C\CCCCCCCCCC. The maximum Gasteiger partial charge on any atom is 0.222 e. The van der Waals surface area contributed by atoms with Gasteiger partial charge in [0, 0.05) is 0 Å². The van der Waals surface area contributed by atoms with Crippen molar-refractivity contribution in [2.45, 2.75) is 186 Å². The molecule has 0 heterocycles. The van der Waals surface area contributed by atoms with Gasteiger partial charge in [0.1, 0.15) is 0 Å². The molecule has 0 radical (unpaired) electrons. The summed E-state index contributed by atoms with van der Waals surface area (Å²) in [5.74, 6) is -0.334. The number of nitrogens with one attached hydrogen (secondary N) is 1. The fraction of sp³-hybridized carbons (Fsp3) is 0.811. The number of amides is 1. The van der Waals surface area contributed by atoms with Crippen LogP contribution in [-0.4, -0.2) is 46.1 Å². The molecule has 0 aliphatic carbocycles. The predicted octanol–water partition coefficient (Wildman–Crippen LogP) is 9.26. The van der Waals surface area contributed by atoms with Crippen LogP contribution in [0.3, 0.4) is 0 Å². The normalized spacial score (nSPS) is 14.3. The van der Waals surface area contributed by atoms with Crippen LogP contribution in [0.25, 0.3) is 0 Å². The summed E-state index contributed by atoms with van der Waals surface area (Å²) in [6.07, 6.45) is 38.4. The van der Waals surface area contributed by atoms with Crippen molar-refractivity contribution >= 4 is 5.91 Å². The summed E-state index contributed by atoms with van der Waals surface area (Å²) in [7, 11) is 0. The minimum Gasteiger partial charge on any atom is -0.394 e. The van der Waals surface area contributed by atoms with Crippen LogP contribution in [0.2, 0.25) is 0 Å². The lowest BCUT2D eigenvalue weighted by atomic mass is 10.0. The minimum atomic E-state index is -0.950. The zero-order valence-electron chi connectivity index (χ0n) is 27.6. The third-order valence-electron chi connectivity index (χ3n) is 7.90. The molecular weight excluding hydrogens is 522 g/mol. The Morgan fingerprint density at radius 3 is 1.55 bits per heavy atom. The van der Waals surface area contributed by atoms with Gasteiger partial charge in [-0.25, -0.2) is 0 Å². The van der Waals surface area contributed by atoms with Crippen LogP contribution in [0.5, 0.6) is 0 Å². The van der Waals surface area contributed by atoms with Crippen molar-refractivity contribution in [2.75, 3.05) is 6.61 Å². The number of hydrogen-bond donors (Lipinski definition) is 4. The van der Waals surface area contributed by atoms with Crippen molar-refractivity contribution in [1.82, 2.24) is 5.32 Å². The molecule has 0 aromatic carbocycles. The molecule has 3 unspecified atom stereocenters. The Morgan fingerprint density at radius 2 is 1.02 bits per heavy atom. The van der Waals surface area contributed by atoms with Crippen LogP contribution >= 0.6 is 0 Å². The van der Waals surface area contributed by atoms with E-state index in [0.29, 0.717) is 6.42 Å². The summed E-state index contributed by atoms with van der Waals surface area (Å²) in [5.41, 5.74) is 0. The third kappa shape index (κ3) is 28.7. The molecule has 246 valence electrons. The van der Waals surface area contributed by atoms with E-state index in [2.05, 4.69) is 43.5 Å². The quantitative estimate of drug-likeness (QED) is 0.0478.